The van der Waals surface area contributed by atoms with Crippen LogP contribution in [0.2, 0.25) is 0 Å². The minimum absolute atomic E-state index is 0.284. The molecule has 0 bridgehead atoms. The molecule has 0 saturated carbocycles. The molecule has 13 heavy (non-hydrogen) atoms. The molecule has 3 nitrogen and oxygen atoms in total. The molecule has 0 radical (unpaired) electrons. The van der Waals surface area contributed by atoms with E-state index in [-0.39, 0.29) is 6.04 Å². The highest BCUT2D eigenvalue weighted by molar-refractivity contribution is 5.59. The van der Waals surface area contributed by atoms with Crippen molar-refractivity contribution in [3.8, 4) is 0 Å². The quantitative estimate of drug-likeness (QED) is 0.718. The fraction of sp³-hybridized carbons (Fsp3) is 0.700. The number of nitrogens with zero attached hydrogens (tertiary/aromatic N) is 2. The van der Waals surface area contributed by atoms with E-state index in [4.69, 9.17) is 5.73 Å². The van der Waals surface area contributed by atoms with Gasteiger partial charge in [-0.05, 0) is 12.0 Å². The lowest BCUT2D eigenvalue weighted by molar-refractivity contribution is 0.429. The maximum absolute atomic E-state index is 5.81. The summed E-state index contributed by atoms with van der Waals surface area (Å²) in [6, 6.07) is 0.284. The molecular weight excluding hydrogens is 162 g/mol. The summed E-state index contributed by atoms with van der Waals surface area (Å²) in [5.41, 5.74) is 5.81. The van der Waals surface area contributed by atoms with Gasteiger partial charge in [0.05, 0.1) is 12.4 Å². The largest absolute Gasteiger partial charge is 0.385 e. The molecule has 1 unspecified atom stereocenters. The molecule has 2 N–H and O–H groups in total. The van der Waals surface area contributed by atoms with Crippen LogP contribution < -0.4 is 5.73 Å². The second-order valence-corrected chi connectivity index (χ2v) is 3.53. The van der Waals surface area contributed by atoms with E-state index in [9.17, 15) is 0 Å². The third kappa shape index (κ3) is 2.23. The summed E-state index contributed by atoms with van der Waals surface area (Å²) in [5.74, 6) is 1.44. The molecule has 0 saturated heterocycles. The summed E-state index contributed by atoms with van der Waals surface area (Å²) in [5, 5.41) is 0. The van der Waals surface area contributed by atoms with Crippen molar-refractivity contribution in [2.24, 2.45) is 16.6 Å². The Bertz CT molecular complexity index is 216. The number of hydrogen-bond donors (Lipinski definition) is 1. The van der Waals surface area contributed by atoms with Crippen LogP contribution in [0.5, 0.6) is 0 Å². The molecule has 3 heteroatoms. The zero-order chi connectivity index (χ0) is 9.84. The Hall–Kier alpha value is -0.990. The predicted octanol–water partition coefficient (Wildman–Crippen LogP) is 1.56. The molecule has 1 aliphatic heterocycles. The van der Waals surface area contributed by atoms with Crippen molar-refractivity contribution in [3.63, 3.8) is 0 Å². The monoisotopic (exact) mass is 181 g/mol. The van der Waals surface area contributed by atoms with Crippen molar-refractivity contribution in [2.75, 3.05) is 7.05 Å². The number of hydrogen-bond acceptors (Lipinski definition) is 3. The average molecular weight is 181 g/mol. The second kappa shape index (κ2) is 4.30. The minimum atomic E-state index is 0.284. The third-order valence-electron chi connectivity index (χ3n) is 2.69. The van der Waals surface area contributed by atoms with Gasteiger partial charge in [0.1, 0.15) is 5.82 Å². The fourth-order valence-corrected chi connectivity index (χ4v) is 1.61. The molecule has 0 aromatic rings. The van der Waals surface area contributed by atoms with Gasteiger partial charge in [-0.15, -0.1) is 0 Å². The molecule has 1 atom stereocenters. The van der Waals surface area contributed by atoms with E-state index in [1.165, 1.54) is 0 Å². The number of nitrogens with two attached hydrogens (primary N) is 1. The van der Waals surface area contributed by atoms with Crippen LogP contribution in [-0.2, 0) is 0 Å². The summed E-state index contributed by atoms with van der Waals surface area (Å²) >= 11 is 0. The van der Waals surface area contributed by atoms with Gasteiger partial charge in [-0.3, -0.25) is 4.99 Å². The van der Waals surface area contributed by atoms with Crippen LogP contribution in [0.3, 0.4) is 0 Å². The van der Waals surface area contributed by atoms with Crippen LogP contribution in [0.1, 0.15) is 26.7 Å². The van der Waals surface area contributed by atoms with Crippen LogP contribution in [0.15, 0.2) is 16.9 Å². The van der Waals surface area contributed by atoms with Gasteiger partial charge in [-0.25, -0.2) is 0 Å². The van der Waals surface area contributed by atoms with Crippen LogP contribution in [-0.4, -0.2) is 24.3 Å². The molecule has 0 aromatic carbocycles. The summed E-state index contributed by atoms with van der Waals surface area (Å²) in [4.78, 5) is 6.29. The van der Waals surface area contributed by atoms with Gasteiger partial charge in [0.25, 0.3) is 0 Å². The highest BCUT2D eigenvalue weighted by Crippen LogP contribution is 2.20. The van der Waals surface area contributed by atoms with Gasteiger partial charge in [-0.2, -0.15) is 0 Å². The Kier molecular flexibility index (Phi) is 3.34. The maximum atomic E-state index is 5.81. The van der Waals surface area contributed by atoms with Crippen LogP contribution in [0, 0.1) is 5.92 Å². The van der Waals surface area contributed by atoms with Gasteiger partial charge in [0.15, 0.2) is 0 Å². The molecule has 0 fully saturated rings. The molecule has 1 rings (SSSR count). The van der Waals surface area contributed by atoms with Crippen molar-refractivity contribution in [3.05, 3.63) is 11.9 Å². The van der Waals surface area contributed by atoms with Gasteiger partial charge >= 0.3 is 0 Å². The first-order valence-electron chi connectivity index (χ1n) is 4.92. The first kappa shape index (κ1) is 10.1. The Morgan fingerprint density at radius 2 is 2.15 bits per heavy atom. The molecule has 1 heterocycles. The molecular formula is C10H19N3. The smallest absolute Gasteiger partial charge is 0.102 e. The van der Waals surface area contributed by atoms with Crippen molar-refractivity contribution in [2.45, 2.75) is 32.7 Å². The average Bonchev–Trinajstić information content (AvgIpc) is 2.13. The van der Waals surface area contributed by atoms with Crippen molar-refractivity contribution in [1.29, 1.82) is 0 Å². The molecule has 0 aromatic heterocycles. The second-order valence-electron chi connectivity index (χ2n) is 3.53. The maximum Gasteiger partial charge on any atom is 0.102 e. The van der Waals surface area contributed by atoms with Gasteiger partial charge in [-0.1, -0.05) is 26.7 Å². The highest BCUT2D eigenvalue weighted by atomic mass is 15.2. The van der Waals surface area contributed by atoms with Crippen molar-refractivity contribution in [1.82, 2.24) is 4.90 Å². The Morgan fingerprint density at radius 1 is 1.54 bits per heavy atom. The topological polar surface area (TPSA) is 41.6 Å². The zero-order valence-corrected chi connectivity index (χ0v) is 8.70. The Morgan fingerprint density at radius 3 is 2.62 bits per heavy atom. The molecule has 0 aliphatic carbocycles. The summed E-state index contributed by atoms with van der Waals surface area (Å²) in [6.45, 7) is 4.40. The summed E-state index contributed by atoms with van der Waals surface area (Å²) < 4.78 is 0. The fourth-order valence-electron chi connectivity index (χ4n) is 1.61. The van der Waals surface area contributed by atoms with Crippen molar-refractivity contribution >= 4 is 6.34 Å². The van der Waals surface area contributed by atoms with E-state index in [1.54, 1.807) is 0 Å². The first-order chi connectivity index (χ1) is 6.19. The van der Waals surface area contributed by atoms with E-state index in [1.807, 2.05) is 18.3 Å². The van der Waals surface area contributed by atoms with Crippen LogP contribution in [0.25, 0.3) is 0 Å². The summed E-state index contributed by atoms with van der Waals surface area (Å²) in [7, 11) is 1.92. The normalized spacial score (nSPS) is 22.3. The molecule has 74 valence electrons. The first-order valence-corrected chi connectivity index (χ1v) is 4.92. The molecule has 0 amide bonds. The number of rotatable bonds is 3. The van der Waals surface area contributed by atoms with E-state index in [0.717, 1.165) is 18.7 Å². The van der Waals surface area contributed by atoms with Crippen molar-refractivity contribution < 1.29 is 0 Å². The zero-order valence-electron chi connectivity index (χ0n) is 8.70. The predicted molar refractivity (Wildman–Crippen MR) is 56.4 cm³/mol. The Balaban J connectivity index is 2.67. The minimum Gasteiger partial charge on any atom is -0.385 e. The Labute approximate surface area is 80.3 Å². The molecule has 0 spiro atoms. The third-order valence-corrected chi connectivity index (χ3v) is 2.69. The molecule has 1 aliphatic rings. The van der Waals surface area contributed by atoms with Gasteiger partial charge in [0, 0.05) is 7.05 Å². The van der Waals surface area contributed by atoms with Crippen LogP contribution in [0.4, 0.5) is 0 Å². The van der Waals surface area contributed by atoms with Gasteiger partial charge < -0.3 is 10.6 Å². The van der Waals surface area contributed by atoms with E-state index in [2.05, 4.69) is 24.9 Å². The standard InChI is InChI=1S/C10H19N3/c1-4-8(5-2)9-6-10(11)13(3)7-12-9/h6-9H,4-5,11H2,1-3H3. The van der Waals surface area contributed by atoms with E-state index < -0.39 is 0 Å². The van der Waals surface area contributed by atoms with Gasteiger partial charge in [0.2, 0.25) is 0 Å². The SMILES string of the molecule is CCC(CC)C1C=C(N)N(C)C=N1. The summed E-state index contributed by atoms with van der Waals surface area (Å²) in [6.07, 6.45) is 6.19. The highest BCUT2D eigenvalue weighted by Gasteiger charge is 2.18. The van der Waals surface area contributed by atoms with E-state index >= 15 is 0 Å². The lowest BCUT2D eigenvalue weighted by Crippen LogP contribution is -2.30. The van der Waals surface area contributed by atoms with E-state index in [0.29, 0.717) is 5.92 Å². The van der Waals surface area contributed by atoms with Crippen LogP contribution >= 0.6 is 0 Å². The lowest BCUT2D eigenvalue weighted by atomic mass is 9.94. The lowest BCUT2D eigenvalue weighted by Gasteiger charge is -2.25. The number of aliphatic imine (C=N–C) groups is 1.